The van der Waals surface area contributed by atoms with Gasteiger partial charge in [0.1, 0.15) is 17.1 Å². The standard InChI is InChI=1S/C19H20O5/c1-12-5-6-14(10-17(12)24-11-20)19(2,3)13-7-8-16(23-4)15(9-13)18(21)22/h5-11H,1-4H3,(H,21,22). The minimum absolute atomic E-state index is 0.111. The summed E-state index contributed by atoms with van der Waals surface area (Å²) < 4.78 is 10.1. The summed E-state index contributed by atoms with van der Waals surface area (Å²) in [6.45, 7) is 6.21. The summed E-state index contributed by atoms with van der Waals surface area (Å²) in [4.78, 5) is 22.1. The van der Waals surface area contributed by atoms with Crippen molar-refractivity contribution in [3.8, 4) is 11.5 Å². The van der Waals surface area contributed by atoms with E-state index in [2.05, 4.69) is 0 Å². The molecule has 2 aromatic carbocycles. The average molecular weight is 328 g/mol. The summed E-state index contributed by atoms with van der Waals surface area (Å²) in [5, 5.41) is 9.37. The monoisotopic (exact) mass is 328 g/mol. The summed E-state index contributed by atoms with van der Waals surface area (Å²) in [5.41, 5.74) is 2.21. The van der Waals surface area contributed by atoms with Gasteiger partial charge in [-0.3, -0.25) is 4.79 Å². The summed E-state index contributed by atoms with van der Waals surface area (Å²) in [6.07, 6.45) is 0. The molecule has 0 amide bonds. The van der Waals surface area contributed by atoms with Crippen molar-refractivity contribution in [3.63, 3.8) is 0 Å². The van der Waals surface area contributed by atoms with Crippen molar-refractivity contribution >= 4 is 12.4 Å². The van der Waals surface area contributed by atoms with Crippen LogP contribution >= 0.6 is 0 Å². The van der Waals surface area contributed by atoms with Crippen LogP contribution in [0.3, 0.4) is 0 Å². The number of ether oxygens (including phenoxy) is 2. The van der Waals surface area contributed by atoms with Crippen molar-refractivity contribution < 1.29 is 24.2 Å². The number of carboxylic acid groups (broad SMARTS) is 1. The highest BCUT2D eigenvalue weighted by molar-refractivity contribution is 5.91. The van der Waals surface area contributed by atoms with Gasteiger partial charge in [0.15, 0.2) is 0 Å². The number of carbonyl (C=O) groups is 2. The molecular weight excluding hydrogens is 308 g/mol. The Hall–Kier alpha value is -2.82. The normalized spacial score (nSPS) is 11.0. The smallest absolute Gasteiger partial charge is 0.339 e. The first-order chi connectivity index (χ1) is 11.3. The molecule has 0 unspecified atom stereocenters. The van der Waals surface area contributed by atoms with Crippen molar-refractivity contribution in [2.24, 2.45) is 0 Å². The van der Waals surface area contributed by atoms with Crippen LogP contribution in [0.15, 0.2) is 36.4 Å². The fraction of sp³-hybridized carbons (Fsp3) is 0.263. The maximum Gasteiger partial charge on any atom is 0.339 e. The van der Waals surface area contributed by atoms with Gasteiger partial charge in [0.05, 0.1) is 7.11 Å². The number of methoxy groups -OCH3 is 1. The topological polar surface area (TPSA) is 72.8 Å². The molecule has 0 aliphatic carbocycles. The van der Waals surface area contributed by atoms with Crippen LogP contribution in [0.25, 0.3) is 0 Å². The predicted octanol–water partition coefficient (Wildman–Crippen LogP) is 3.56. The van der Waals surface area contributed by atoms with E-state index >= 15 is 0 Å². The first-order valence-corrected chi connectivity index (χ1v) is 7.44. The third-order valence-electron chi connectivity index (χ3n) is 4.24. The van der Waals surface area contributed by atoms with E-state index in [1.165, 1.54) is 7.11 Å². The molecule has 0 fully saturated rings. The molecule has 0 aliphatic heterocycles. The largest absolute Gasteiger partial charge is 0.496 e. The lowest BCUT2D eigenvalue weighted by Crippen LogP contribution is -2.20. The van der Waals surface area contributed by atoms with Gasteiger partial charge >= 0.3 is 5.97 Å². The van der Waals surface area contributed by atoms with Crippen molar-refractivity contribution in [2.45, 2.75) is 26.2 Å². The Bertz CT molecular complexity index is 777. The molecule has 0 atom stereocenters. The maximum atomic E-state index is 11.4. The molecule has 0 spiro atoms. The van der Waals surface area contributed by atoms with Gasteiger partial charge in [-0.2, -0.15) is 0 Å². The number of carbonyl (C=O) groups excluding carboxylic acids is 1. The second-order valence-electron chi connectivity index (χ2n) is 6.04. The molecule has 0 aromatic heterocycles. The van der Waals surface area contributed by atoms with Gasteiger partial charge in [-0.1, -0.05) is 32.0 Å². The van der Waals surface area contributed by atoms with Gasteiger partial charge in [-0.05, 0) is 41.8 Å². The van der Waals surface area contributed by atoms with E-state index in [1.807, 2.05) is 39.0 Å². The minimum atomic E-state index is -1.04. The quantitative estimate of drug-likeness (QED) is 0.821. The van der Waals surface area contributed by atoms with Crippen molar-refractivity contribution in [1.82, 2.24) is 0 Å². The number of hydrogen-bond donors (Lipinski definition) is 1. The molecule has 5 nitrogen and oxygen atoms in total. The van der Waals surface area contributed by atoms with Crippen molar-refractivity contribution in [3.05, 3.63) is 58.7 Å². The van der Waals surface area contributed by atoms with Gasteiger partial charge in [0, 0.05) is 5.41 Å². The molecular formula is C19H20O5. The second kappa shape index (κ2) is 6.74. The average Bonchev–Trinajstić information content (AvgIpc) is 2.56. The zero-order chi connectivity index (χ0) is 17.9. The van der Waals surface area contributed by atoms with Crippen LogP contribution in [-0.2, 0) is 10.2 Å². The number of aryl methyl sites for hydroxylation is 1. The number of aromatic carboxylic acids is 1. The Kier molecular flexibility index (Phi) is 4.93. The van der Waals surface area contributed by atoms with Crippen LogP contribution in [0.5, 0.6) is 11.5 Å². The molecule has 2 aromatic rings. The minimum Gasteiger partial charge on any atom is -0.496 e. The Labute approximate surface area is 140 Å². The Morgan fingerprint density at radius 2 is 1.71 bits per heavy atom. The van der Waals surface area contributed by atoms with E-state index in [0.717, 1.165) is 16.7 Å². The Morgan fingerprint density at radius 3 is 2.29 bits per heavy atom. The van der Waals surface area contributed by atoms with E-state index in [4.69, 9.17) is 9.47 Å². The molecule has 0 heterocycles. The molecule has 1 N–H and O–H groups in total. The fourth-order valence-electron chi connectivity index (χ4n) is 2.60. The second-order valence-corrected chi connectivity index (χ2v) is 6.04. The zero-order valence-corrected chi connectivity index (χ0v) is 14.1. The summed E-state index contributed by atoms with van der Waals surface area (Å²) in [6, 6.07) is 10.7. The highest BCUT2D eigenvalue weighted by atomic mass is 16.5. The SMILES string of the molecule is COc1ccc(C(C)(C)c2ccc(C)c(OC=O)c2)cc1C(=O)O. The van der Waals surface area contributed by atoms with E-state index in [0.29, 0.717) is 18.0 Å². The lowest BCUT2D eigenvalue weighted by atomic mass is 9.77. The fourth-order valence-corrected chi connectivity index (χ4v) is 2.60. The van der Waals surface area contributed by atoms with Gasteiger partial charge in [0.2, 0.25) is 0 Å². The molecule has 0 bridgehead atoms. The van der Waals surface area contributed by atoms with Crippen LogP contribution in [0.2, 0.25) is 0 Å². The van der Waals surface area contributed by atoms with Gasteiger partial charge in [-0.25, -0.2) is 4.79 Å². The van der Waals surface area contributed by atoms with E-state index in [9.17, 15) is 14.7 Å². The van der Waals surface area contributed by atoms with Gasteiger partial charge in [-0.15, -0.1) is 0 Å². The van der Waals surface area contributed by atoms with Gasteiger partial charge < -0.3 is 14.6 Å². The van der Waals surface area contributed by atoms with Gasteiger partial charge in [0.25, 0.3) is 6.47 Å². The molecule has 0 aliphatic rings. The summed E-state index contributed by atoms with van der Waals surface area (Å²) in [5.74, 6) is -0.239. The third kappa shape index (κ3) is 3.25. The Balaban J connectivity index is 2.54. The third-order valence-corrected chi connectivity index (χ3v) is 4.24. The zero-order valence-electron chi connectivity index (χ0n) is 14.1. The number of benzene rings is 2. The number of carboxylic acids is 1. The molecule has 0 radical (unpaired) electrons. The first-order valence-electron chi connectivity index (χ1n) is 7.44. The Morgan fingerprint density at radius 1 is 1.08 bits per heavy atom. The molecule has 0 saturated heterocycles. The van der Waals surface area contributed by atoms with Crippen molar-refractivity contribution in [1.29, 1.82) is 0 Å². The van der Waals surface area contributed by atoms with Crippen LogP contribution in [0, 0.1) is 6.92 Å². The van der Waals surface area contributed by atoms with Crippen LogP contribution in [0.4, 0.5) is 0 Å². The molecule has 5 heteroatoms. The first kappa shape index (κ1) is 17.5. The molecule has 126 valence electrons. The van der Waals surface area contributed by atoms with Crippen LogP contribution in [0.1, 0.15) is 40.9 Å². The predicted molar refractivity (Wildman–Crippen MR) is 90.0 cm³/mol. The molecule has 0 saturated carbocycles. The molecule has 24 heavy (non-hydrogen) atoms. The highest BCUT2D eigenvalue weighted by Crippen LogP contribution is 2.36. The van der Waals surface area contributed by atoms with E-state index in [-0.39, 0.29) is 5.56 Å². The van der Waals surface area contributed by atoms with Crippen molar-refractivity contribution in [2.75, 3.05) is 7.11 Å². The summed E-state index contributed by atoms with van der Waals surface area (Å²) in [7, 11) is 1.44. The lowest BCUT2D eigenvalue weighted by Gasteiger charge is -2.27. The van der Waals surface area contributed by atoms with Crippen LogP contribution in [-0.4, -0.2) is 24.7 Å². The van der Waals surface area contributed by atoms with Crippen LogP contribution < -0.4 is 9.47 Å². The molecule has 2 rings (SSSR count). The summed E-state index contributed by atoms with van der Waals surface area (Å²) >= 11 is 0. The maximum absolute atomic E-state index is 11.4. The lowest BCUT2D eigenvalue weighted by molar-refractivity contribution is -0.120. The highest BCUT2D eigenvalue weighted by Gasteiger charge is 2.26. The number of rotatable bonds is 6. The van der Waals surface area contributed by atoms with E-state index < -0.39 is 11.4 Å². The number of hydrogen-bond acceptors (Lipinski definition) is 4. The van der Waals surface area contributed by atoms with E-state index in [1.54, 1.807) is 18.2 Å².